The van der Waals surface area contributed by atoms with E-state index in [1.807, 2.05) is 25.7 Å². The molecule has 0 aromatic heterocycles. The van der Waals surface area contributed by atoms with Crippen LogP contribution >= 0.6 is 0 Å². The molecule has 2 unspecified atom stereocenters. The summed E-state index contributed by atoms with van der Waals surface area (Å²) in [6, 6.07) is 0. The Morgan fingerprint density at radius 1 is 1.29 bits per heavy atom. The van der Waals surface area contributed by atoms with Crippen molar-refractivity contribution in [1.82, 2.24) is 4.90 Å². The third kappa shape index (κ3) is 4.02. The highest BCUT2D eigenvalue weighted by atomic mass is 28.3. The van der Waals surface area contributed by atoms with Gasteiger partial charge in [-0.3, -0.25) is 0 Å². The third-order valence-corrected chi connectivity index (χ3v) is 5.68. The number of carbonyl (C=O) groups excluding carboxylic acids is 1. The molecule has 0 spiro atoms. The number of carbonyl (C=O) groups is 1. The second kappa shape index (κ2) is 4.63. The Bertz CT molecular complexity index is 291. The van der Waals surface area contributed by atoms with Gasteiger partial charge in [-0.2, -0.15) is 0 Å². The summed E-state index contributed by atoms with van der Waals surface area (Å²) in [5.41, 5.74) is 0.0275. The first-order chi connectivity index (χ1) is 7.50. The molecule has 17 heavy (non-hydrogen) atoms. The van der Waals surface area contributed by atoms with Crippen molar-refractivity contribution in [2.45, 2.75) is 65.0 Å². The summed E-state index contributed by atoms with van der Waals surface area (Å²) in [6.07, 6.45) is 1.00. The molecule has 2 atom stereocenters. The Balaban J connectivity index is 2.78. The molecule has 4 heteroatoms. The van der Waals surface area contributed by atoms with Gasteiger partial charge in [-0.1, -0.05) is 26.6 Å². The largest absolute Gasteiger partial charge is 0.444 e. The fraction of sp³-hybridized carbons (Fsp3) is 0.923. The maximum absolute atomic E-state index is 12.2. The standard InChI is InChI=1S/C13H27NO2Si/c1-10-8-11(17(5,6)7)14(9-10)12(15)16-13(2,3)4/h10-11H,8-9H2,1-7H3. The smallest absolute Gasteiger partial charge is 0.410 e. The van der Waals surface area contributed by atoms with Crippen LogP contribution in [0.4, 0.5) is 4.79 Å². The Morgan fingerprint density at radius 2 is 1.82 bits per heavy atom. The normalized spacial score (nSPS) is 26.2. The summed E-state index contributed by atoms with van der Waals surface area (Å²) in [6.45, 7) is 15.8. The molecule has 0 aliphatic carbocycles. The van der Waals surface area contributed by atoms with Gasteiger partial charge in [0.2, 0.25) is 0 Å². The highest BCUT2D eigenvalue weighted by molar-refractivity contribution is 6.77. The first-order valence-corrected chi connectivity index (χ1v) is 10.1. The number of likely N-dealkylation sites (tertiary alicyclic amines) is 1. The minimum absolute atomic E-state index is 0.130. The van der Waals surface area contributed by atoms with Gasteiger partial charge in [-0.05, 0) is 33.1 Å². The quantitative estimate of drug-likeness (QED) is 0.673. The van der Waals surface area contributed by atoms with Gasteiger partial charge in [-0.25, -0.2) is 4.79 Å². The Hall–Kier alpha value is -0.513. The molecule has 100 valence electrons. The molecule has 1 aliphatic heterocycles. The van der Waals surface area contributed by atoms with E-state index in [0.717, 1.165) is 13.0 Å². The first-order valence-electron chi connectivity index (χ1n) is 6.50. The van der Waals surface area contributed by atoms with Gasteiger partial charge in [0.1, 0.15) is 5.60 Å². The van der Waals surface area contributed by atoms with E-state index >= 15 is 0 Å². The lowest BCUT2D eigenvalue weighted by molar-refractivity contribution is 0.0262. The summed E-state index contributed by atoms with van der Waals surface area (Å²) in [5, 5.41) is 0. The Morgan fingerprint density at radius 3 is 2.24 bits per heavy atom. The van der Waals surface area contributed by atoms with Crippen molar-refractivity contribution in [1.29, 1.82) is 0 Å². The van der Waals surface area contributed by atoms with Crippen molar-refractivity contribution in [2.75, 3.05) is 6.54 Å². The number of nitrogens with zero attached hydrogens (tertiary/aromatic N) is 1. The highest BCUT2D eigenvalue weighted by Crippen LogP contribution is 2.30. The maximum Gasteiger partial charge on any atom is 0.410 e. The molecule has 0 aromatic rings. The summed E-state index contributed by atoms with van der Waals surface area (Å²) in [5.74, 6) is 0.597. The van der Waals surface area contributed by atoms with E-state index < -0.39 is 13.7 Å². The minimum Gasteiger partial charge on any atom is -0.444 e. The molecule has 0 saturated carbocycles. The van der Waals surface area contributed by atoms with Gasteiger partial charge in [-0.15, -0.1) is 0 Å². The molecular formula is C13H27NO2Si. The second-order valence-electron chi connectivity index (χ2n) is 7.36. The van der Waals surface area contributed by atoms with Gasteiger partial charge in [0.15, 0.2) is 0 Å². The third-order valence-electron chi connectivity index (χ3n) is 3.14. The van der Waals surface area contributed by atoms with Crippen LogP contribution in [0.2, 0.25) is 19.6 Å². The van der Waals surface area contributed by atoms with E-state index in [0.29, 0.717) is 11.6 Å². The SMILES string of the molecule is CC1CC([Si](C)(C)C)N(C(=O)OC(C)(C)C)C1. The number of amides is 1. The van der Waals surface area contributed by atoms with Gasteiger partial charge in [0.25, 0.3) is 0 Å². The Kier molecular flexibility index (Phi) is 3.96. The maximum atomic E-state index is 12.2. The topological polar surface area (TPSA) is 29.5 Å². The zero-order chi connectivity index (χ0) is 13.4. The molecule has 1 amide bonds. The molecule has 0 aromatic carbocycles. The van der Waals surface area contributed by atoms with Crippen LogP contribution in [-0.4, -0.2) is 36.9 Å². The first kappa shape index (κ1) is 14.5. The summed E-state index contributed by atoms with van der Waals surface area (Å²) < 4.78 is 5.50. The molecule has 1 rings (SSSR count). The van der Waals surface area contributed by atoms with E-state index in [2.05, 4.69) is 26.6 Å². The number of rotatable bonds is 1. The molecular weight excluding hydrogens is 230 g/mol. The minimum atomic E-state index is -1.34. The Labute approximate surface area is 107 Å². The van der Waals surface area contributed by atoms with E-state index in [-0.39, 0.29) is 6.09 Å². The van der Waals surface area contributed by atoms with Crippen LogP contribution in [0.25, 0.3) is 0 Å². The lowest BCUT2D eigenvalue weighted by Crippen LogP contribution is -2.51. The molecule has 1 heterocycles. The van der Waals surface area contributed by atoms with Gasteiger partial charge in [0.05, 0.1) is 8.07 Å². The second-order valence-corrected chi connectivity index (χ2v) is 12.8. The predicted molar refractivity (Wildman–Crippen MR) is 73.9 cm³/mol. The fourth-order valence-electron chi connectivity index (χ4n) is 2.39. The van der Waals surface area contributed by atoms with E-state index in [1.54, 1.807) is 0 Å². The summed E-state index contributed by atoms with van der Waals surface area (Å²) >= 11 is 0. The van der Waals surface area contributed by atoms with E-state index in [9.17, 15) is 4.79 Å². The van der Waals surface area contributed by atoms with Crippen LogP contribution < -0.4 is 0 Å². The lowest BCUT2D eigenvalue weighted by Gasteiger charge is -2.34. The summed E-state index contributed by atoms with van der Waals surface area (Å²) in [7, 11) is -1.34. The monoisotopic (exact) mass is 257 g/mol. The molecule has 0 radical (unpaired) electrons. The molecule has 3 nitrogen and oxygen atoms in total. The molecule has 1 aliphatic rings. The van der Waals surface area contributed by atoms with Crippen LogP contribution in [-0.2, 0) is 4.74 Å². The van der Waals surface area contributed by atoms with Crippen LogP contribution in [0.1, 0.15) is 34.1 Å². The van der Waals surface area contributed by atoms with Crippen molar-refractivity contribution >= 4 is 14.2 Å². The van der Waals surface area contributed by atoms with E-state index in [4.69, 9.17) is 4.74 Å². The average molecular weight is 257 g/mol. The van der Waals surface area contributed by atoms with Gasteiger partial charge >= 0.3 is 6.09 Å². The van der Waals surface area contributed by atoms with Crippen LogP contribution in [0.5, 0.6) is 0 Å². The van der Waals surface area contributed by atoms with Crippen molar-refractivity contribution < 1.29 is 9.53 Å². The molecule has 0 N–H and O–H groups in total. The molecule has 1 saturated heterocycles. The summed E-state index contributed by atoms with van der Waals surface area (Å²) in [4.78, 5) is 14.2. The highest BCUT2D eigenvalue weighted by Gasteiger charge is 2.42. The molecule has 0 bridgehead atoms. The zero-order valence-corrected chi connectivity index (χ0v) is 13.3. The zero-order valence-electron chi connectivity index (χ0n) is 12.3. The number of ether oxygens (including phenoxy) is 1. The predicted octanol–water partition coefficient (Wildman–Crippen LogP) is 3.51. The lowest BCUT2D eigenvalue weighted by atomic mass is 10.2. The van der Waals surface area contributed by atoms with Crippen LogP contribution in [0, 0.1) is 5.92 Å². The van der Waals surface area contributed by atoms with Crippen LogP contribution in [0.15, 0.2) is 0 Å². The number of hydrogen-bond acceptors (Lipinski definition) is 2. The number of hydrogen-bond donors (Lipinski definition) is 0. The van der Waals surface area contributed by atoms with Crippen LogP contribution in [0.3, 0.4) is 0 Å². The molecule has 1 fully saturated rings. The van der Waals surface area contributed by atoms with Gasteiger partial charge in [0, 0.05) is 12.2 Å². The van der Waals surface area contributed by atoms with E-state index in [1.165, 1.54) is 0 Å². The van der Waals surface area contributed by atoms with Crippen molar-refractivity contribution in [3.05, 3.63) is 0 Å². The average Bonchev–Trinajstić information content (AvgIpc) is 2.43. The van der Waals surface area contributed by atoms with Crippen molar-refractivity contribution in [2.24, 2.45) is 5.92 Å². The van der Waals surface area contributed by atoms with Crippen molar-refractivity contribution in [3.63, 3.8) is 0 Å². The fourth-order valence-corrected chi connectivity index (χ4v) is 4.64. The van der Waals surface area contributed by atoms with Crippen molar-refractivity contribution in [3.8, 4) is 0 Å². The van der Waals surface area contributed by atoms with Gasteiger partial charge < -0.3 is 9.64 Å².